The number of aromatic nitrogens is 4. The SMILES string of the molecule is O=S(=O)(c1ccccc1)n1nnc(-c2ccc(F)cc2)c1-c1ccncc1. The summed E-state index contributed by atoms with van der Waals surface area (Å²) < 4.78 is 40.4. The van der Waals surface area contributed by atoms with Crippen LogP contribution in [-0.4, -0.2) is 27.8 Å². The molecule has 0 aliphatic rings. The topological polar surface area (TPSA) is 77.7 Å². The zero-order valence-electron chi connectivity index (χ0n) is 13.9. The molecule has 0 amide bonds. The Labute approximate surface area is 155 Å². The second kappa shape index (κ2) is 6.73. The molecule has 134 valence electrons. The number of nitrogens with zero attached hydrogens (tertiary/aromatic N) is 4. The fraction of sp³-hybridized carbons (Fsp3) is 0. The molecule has 8 heteroatoms. The number of pyridine rings is 1. The van der Waals surface area contributed by atoms with Crippen molar-refractivity contribution >= 4 is 10.0 Å². The lowest BCUT2D eigenvalue weighted by molar-refractivity contribution is 0.578. The first-order valence-corrected chi connectivity index (χ1v) is 9.44. The van der Waals surface area contributed by atoms with Crippen molar-refractivity contribution in [1.29, 1.82) is 0 Å². The van der Waals surface area contributed by atoms with Gasteiger partial charge in [0.1, 0.15) is 17.2 Å². The fourth-order valence-electron chi connectivity index (χ4n) is 2.69. The molecule has 2 heterocycles. The molecule has 0 aliphatic heterocycles. The fourth-order valence-corrected chi connectivity index (χ4v) is 3.95. The Kier molecular flexibility index (Phi) is 4.25. The maximum atomic E-state index is 13.3. The van der Waals surface area contributed by atoms with Gasteiger partial charge in [0.25, 0.3) is 10.0 Å². The van der Waals surface area contributed by atoms with E-state index in [0.717, 1.165) is 4.09 Å². The largest absolute Gasteiger partial charge is 0.284 e. The first-order valence-electron chi connectivity index (χ1n) is 8.00. The summed E-state index contributed by atoms with van der Waals surface area (Å²) in [4.78, 5) is 4.06. The Balaban J connectivity index is 1.97. The predicted octanol–water partition coefficient (Wildman–Crippen LogP) is 3.38. The van der Waals surface area contributed by atoms with Gasteiger partial charge in [-0.1, -0.05) is 23.4 Å². The van der Waals surface area contributed by atoms with E-state index in [4.69, 9.17) is 0 Å². The highest BCUT2D eigenvalue weighted by Gasteiger charge is 2.26. The molecule has 4 rings (SSSR count). The van der Waals surface area contributed by atoms with Gasteiger partial charge in [0, 0.05) is 23.5 Å². The minimum Gasteiger partial charge on any atom is -0.265 e. The van der Waals surface area contributed by atoms with E-state index in [2.05, 4.69) is 15.3 Å². The highest BCUT2D eigenvalue weighted by Crippen LogP contribution is 2.32. The third kappa shape index (κ3) is 3.11. The van der Waals surface area contributed by atoms with E-state index in [9.17, 15) is 12.8 Å². The van der Waals surface area contributed by atoms with Gasteiger partial charge < -0.3 is 0 Å². The molecule has 0 atom stereocenters. The molecule has 6 nitrogen and oxygen atoms in total. The molecule has 0 aliphatic carbocycles. The maximum Gasteiger partial charge on any atom is 0.284 e. The van der Waals surface area contributed by atoms with Gasteiger partial charge in [-0.2, -0.15) is 8.42 Å². The van der Waals surface area contributed by atoms with Crippen molar-refractivity contribution in [2.45, 2.75) is 4.90 Å². The second-order valence-corrected chi connectivity index (χ2v) is 7.46. The summed E-state index contributed by atoms with van der Waals surface area (Å²) in [6, 6.07) is 17.0. The van der Waals surface area contributed by atoms with E-state index in [1.165, 1.54) is 36.4 Å². The molecule has 0 unspecified atom stereocenters. The lowest BCUT2D eigenvalue weighted by Gasteiger charge is -2.09. The van der Waals surface area contributed by atoms with E-state index in [1.54, 1.807) is 42.7 Å². The van der Waals surface area contributed by atoms with Crippen LogP contribution in [0.1, 0.15) is 0 Å². The summed E-state index contributed by atoms with van der Waals surface area (Å²) in [6.45, 7) is 0. The summed E-state index contributed by atoms with van der Waals surface area (Å²) in [7, 11) is -3.96. The summed E-state index contributed by atoms with van der Waals surface area (Å²) in [5.41, 5.74) is 1.75. The van der Waals surface area contributed by atoms with Crippen LogP contribution >= 0.6 is 0 Å². The highest BCUT2D eigenvalue weighted by molar-refractivity contribution is 7.90. The molecule has 0 bridgehead atoms. The van der Waals surface area contributed by atoms with Gasteiger partial charge >= 0.3 is 0 Å². The Hall–Kier alpha value is -3.39. The zero-order valence-corrected chi connectivity index (χ0v) is 14.7. The maximum absolute atomic E-state index is 13.3. The van der Waals surface area contributed by atoms with Crippen molar-refractivity contribution in [3.63, 3.8) is 0 Å². The van der Waals surface area contributed by atoms with E-state index in [-0.39, 0.29) is 10.6 Å². The van der Waals surface area contributed by atoms with Gasteiger partial charge in [-0.3, -0.25) is 4.98 Å². The smallest absolute Gasteiger partial charge is 0.265 e. The molecular formula is C19H13FN4O2S. The summed E-state index contributed by atoms with van der Waals surface area (Å²) in [5, 5.41) is 7.98. The van der Waals surface area contributed by atoms with Crippen molar-refractivity contribution in [3.8, 4) is 22.5 Å². The second-order valence-electron chi connectivity index (χ2n) is 5.69. The van der Waals surface area contributed by atoms with Crippen LogP contribution in [-0.2, 0) is 10.0 Å². The van der Waals surface area contributed by atoms with Crippen LogP contribution in [0.2, 0.25) is 0 Å². The van der Waals surface area contributed by atoms with Crippen LogP contribution in [0.15, 0.2) is 84.0 Å². The van der Waals surface area contributed by atoms with Crippen molar-refractivity contribution in [2.75, 3.05) is 0 Å². The molecule has 4 aromatic rings. The average Bonchev–Trinajstić information content (AvgIpc) is 3.16. The normalized spacial score (nSPS) is 11.4. The summed E-state index contributed by atoms with van der Waals surface area (Å²) in [6.07, 6.45) is 3.10. The van der Waals surface area contributed by atoms with E-state index >= 15 is 0 Å². The van der Waals surface area contributed by atoms with Crippen LogP contribution < -0.4 is 0 Å². The third-order valence-corrected chi connectivity index (χ3v) is 5.56. The minimum absolute atomic E-state index is 0.0934. The molecular weight excluding hydrogens is 367 g/mol. The molecule has 0 N–H and O–H groups in total. The quantitative estimate of drug-likeness (QED) is 0.542. The number of rotatable bonds is 4. The molecule has 0 spiro atoms. The van der Waals surface area contributed by atoms with E-state index < -0.39 is 15.8 Å². The van der Waals surface area contributed by atoms with E-state index in [1.807, 2.05) is 0 Å². The molecule has 2 aromatic carbocycles. The van der Waals surface area contributed by atoms with Crippen LogP contribution in [0.4, 0.5) is 4.39 Å². The Morgan fingerprint density at radius 2 is 1.48 bits per heavy atom. The average molecular weight is 380 g/mol. The molecule has 0 saturated heterocycles. The van der Waals surface area contributed by atoms with Crippen LogP contribution in [0.3, 0.4) is 0 Å². The standard InChI is InChI=1S/C19H13FN4O2S/c20-16-8-6-14(7-9-16)18-19(15-10-12-21-13-11-15)24(23-22-18)27(25,26)17-4-2-1-3-5-17/h1-13H. The molecule has 0 fully saturated rings. The van der Waals surface area contributed by atoms with Gasteiger partial charge in [-0.25, -0.2) is 4.39 Å². The van der Waals surface area contributed by atoms with Crippen molar-refractivity contribution in [1.82, 2.24) is 19.4 Å². The van der Waals surface area contributed by atoms with Crippen molar-refractivity contribution < 1.29 is 12.8 Å². The first-order chi connectivity index (χ1) is 13.1. The Morgan fingerprint density at radius 1 is 0.815 bits per heavy atom. The molecule has 0 radical (unpaired) electrons. The van der Waals surface area contributed by atoms with Crippen molar-refractivity contribution in [2.24, 2.45) is 0 Å². The van der Waals surface area contributed by atoms with Crippen LogP contribution in [0.25, 0.3) is 22.5 Å². The number of benzene rings is 2. The van der Waals surface area contributed by atoms with Crippen molar-refractivity contribution in [3.05, 3.63) is 84.9 Å². The number of hydrogen-bond acceptors (Lipinski definition) is 5. The monoisotopic (exact) mass is 380 g/mol. The van der Waals surface area contributed by atoms with Gasteiger partial charge in [-0.05, 0) is 48.5 Å². The Bertz CT molecular complexity index is 1180. The lowest BCUT2D eigenvalue weighted by atomic mass is 10.1. The molecule has 0 saturated carbocycles. The predicted molar refractivity (Wildman–Crippen MR) is 97.7 cm³/mol. The summed E-state index contributed by atoms with van der Waals surface area (Å²) in [5.74, 6) is -0.395. The van der Waals surface area contributed by atoms with E-state index in [0.29, 0.717) is 16.8 Å². The number of halogens is 1. The highest BCUT2D eigenvalue weighted by atomic mass is 32.2. The van der Waals surface area contributed by atoms with Gasteiger partial charge in [0.05, 0.1) is 4.90 Å². The molecule has 2 aromatic heterocycles. The lowest BCUT2D eigenvalue weighted by Crippen LogP contribution is -2.16. The van der Waals surface area contributed by atoms with Crippen LogP contribution in [0, 0.1) is 5.82 Å². The van der Waals surface area contributed by atoms with Gasteiger partial charge in [0.2, 0.25) is 0 Å². The number of hydrogen-bond donors (Lipinski definition) is 0. The van der Waals surface area contributed by atoms with Crippen LogP contribution in [0.5, 0.6) is 0 Å². The minimum atomic E-state index is -3.96. The van der Waals surface area contributed by atoms with Gasteiger partial charge in [0.15, 0.2) is 0 Å². The summed E-state index contributed by atoms with van der Waals surface area (Å²) >= 11 is 0. The third-order valence-electron chi connectivity index (χ3n) is 3.98. The van der Waals surface area contributed by atoms with Gasteiger partial charge in [-0.15, -0.1) is 9.19 Å². The molecule has 27 heavy (non-hydrogen) atoms. The Morgan fingerprint density at radius 3 is 2.15 bits per heavy atom. The zero-order chi connectivity index (χ0) is 18.9. The first kappa shape index (κ1) is 17.0.